The van der Waals surface area contributed by atoms with E-state index in [4.69, 9.17) is 21.9 Å². The zero-order valence-corrected chi connectivity index (χ0v) is 12.0. The third kappa shape index (κ3) is 2.28. The molecule has 3 rings (SSSR count). The molecule has 0 aliphatic rings. The first-order valence-corrected chi connectivity index (χ1v) is 6.73. The van der Waals surface area contributed by atoms with Gasteiger partial charge in [-0.05, 0) is 30.2 Å². The van der Waals surface area contributed by atoms with Crippen molar-refractivity contribution in [3.8, 4) is 22.5 Å². The van der Waals surface area contributed by atoms with E-state index in [1.54, 1.807) is 12.1 Å². The lowest BCUT2D eigenvalue weighted by molar-refractivity contribution is 0.433. The van der Waals surface area contributed by atoms with Gasteiger partial charge in [-0.25, -0.2) is 4.39 Å². The van der Waals surface area contributed by atoms with Gasteiger partial charge >= 0.3 is 0 Å². The second-order valence-corrected chi connectivity index (χ2v) is 5.10. The smallest absolute Gasteiger partial charge is 0.179 e. The van der Waals surface area contributed by atoms with Crippen LogP contribution in [0.25, 0.3) is 22.5 Å². The topological polar surface area (TPSA) is 52.0 Å². The van der Waals surface area contributed by atoms with E-state index in [1.807, 2.05) is 31.2 Å². The maximum atomic E-state index is 14.2. The molecule has 5 heteroatoms. The second kappa shape index (κ2) is 5.22. The summed E-state index contributed by atoms with van der Waals surface area (Å²) in [6.07, 6.45) is 0. The molecule has 0 fully saturated rings. The summed E-state index contributed by atoms with van der Waals surface area (Å²) < 4.78 is 19.5. The summed E-state index contributed by atoms with van der Waals surface area (Å²) in [7, 11) is 0. The average molecular weight is 303 g/mol. The molecule has 0 atom stereocenters. The molecule has 0 unspecified atom stereocenters. The van der Waals surface area contributed by atoms with E-state index < -0.39 is 5.82 Å². The highest BCUT2D eigenvalue weighted by atomic mass is 35.5. The number of nitrogens with zero attached hydrogens (tertiary/aromatic N) is 1. The van der Waals surface area contributed by atoms with Crippen molar-refractivity contribution in [3.63, 3.8) is 0 Å². The first kappa shape index (κ1) is 13.6. The fourth-order valence-corrected chi connectivity index (χ4v) is 2.45. The quantitative estimate of drug-likeness (QED) is 0.747. The number of anilines is 1. The fourth-order valence-electron chi connectivity index (χ4n) is 2.28. The van der Waals surface area contributed by atoms with Crippen LogP contribution < -0.4 is 5.73 Å². The van der Waals surface area contributed by atoms with Crippen LogP contribution in [0, 0.1) is 12.7 Å². The van der Waals surface area contributed by atoms with Crippen molar-refractivity contribution in [1.82, 2.24) is 5.16 Å². The van der Waals surface area contributed by atoms with Crippen LogP contribution in [0.3, 0.4) is 0 Å². The lowest BCUT2D eigenvalue weighted by Gasteiger charge is -2.07. The minimum atomic E-state index is -0.551. The van der Waals surface area contributed by atoms with Crippen LogP contribution in [0.5, 0.6) is 0 Å². The molecule has 0 saturated heterocycles. The molecule has 1 heterocycles. The molecule has 0 aliphatic carbocycles. The number of aromatic nitrogens is 1. The number of hydrogen-bond acceptors (Lipinski definition) is 3. The Hall–Kier alpha value is -2.33. The summed E-state index contributed by atoms with van der Waals surface area (Å²) in [5, 5.41) is 3.80. The largest absolute Gasteiger partial charge is 0.380 e. The summed E-state index contributed by atoms with van der Waals surface area (Å²) >= 11 is 5.83. The van der Waals surface area contributed by atoms with E-state index in [1.165, 1.54) is 6.07 Å². The normalized spacial score (nSPS) is 10.8. The van der Waals surface area contributed by atoms with E-state index >= 15 is 0 Å². The number of benzene rings is 2. The summed E-state index contributed by atoms with van der Waals surface area (Å²) in [6.45, 7) is 1.94. The molecular formula is C16H12ClFN2O. The van der Waals surface area contributed by atoms with E-state index in [0.717, 1.165) is 11.1 Å². The van der Waals surface area contributed by atoms with Crippen molar-refractivity contribution in [3.05, 3.63) is 58.9 Å². The average Bonchev–Trinajstić information content (AvgIpc) is 2.84. The maximum Gasteiger partial charge on any atom is 0.179 e. The molecule has 3 nitrogen and oxygen atoms in total. The van der Waals surface area contributed by atoms with Crippen LogP contribution in [0.2, 0.25) is 5.02 Å². The molecule has 0 spiro atoms. The Morgan fingerprint density at radius 3 is 2.57 bits per heavy atom. The summed E-state index contributed by atoms with van der Waals surface area (Å²) in [5.41, 5.74) is 8.57. The number of rotatable bonds is 2. The Kier molecular flexibility index (Phi) is 3.39. The molecule has 0 saturated carbocycles. The highest BCUT2D eigenvalue weighted by Gasteiger charge is 2.22. The highest BCUT2D eigenvalue weighted by molar-refractivity contribution is 6.31. The van der Waals surface area contributed by atoms with Gasteiger partial charge in [0.15, 0.2) is 17.4 Å². The predicted molar refractivity (Wildman–Crippen MR) is 81.5 cm³/mol. The molecule has 21 heavy (non-hydrogen) atoms. The summed E-state index contributed by atoms with van der Waals surface area (Å²) in [5.74, 6) is -0.0503. The molecule has 0 radical (unpaired) electrons. The Morgan fingerprint density at radius 2 is 1.81 bits per heavy atom. The van der Waals surface area contributed by atoms with Crippen molar-refractivity contribution in [2.45, 2.75) is 6.92 Å². The lowest BCUT2D eigenvalue weighted by Crippen LogP contribution is -1.92. The third-order valence-corrected chi connectivity index (χ3v) is 3.62. The van der Waals surface area contributed by atoms with Gasteiger partial charge < -0.3 is 10.3 Å². The molecular weight excluding hydrogens is 291 g/mol. The van der Waals surface area contributed by atoms with Gasteiger partial charge in [0, 0.05) is 0 Å². The van der Waals surface area contributed by atoms with Gasteiger partial charge in [-0.2, -0.15) is 0 Å². The first-order valence-electron chi connectivity index (χ1n) is 6.35. The van der Waals surface area contributed by atoms with Crippen LogP contribution in [-0.4, -0.2) is 5.16 Å². The molecule has 0 bridgehead atoms. The Bertz CT molecular complexity index is 814. The van der Waals surface area contributed by atoms with Crippen LogP contribution in [0.4, 0.5) is 10.2 Å². The SMILES string of the molecule is Cc1ccccc1-c1c(N)noc1-c1cccc(Cl)c1F. The van der Waals surface area contributed by atoms with Gasteiger partial charge in [0.1, 0.15) is 0 Å². The Balaban J connectivity index is 2.28. The summed E-state index contributed by atoms with van der Waals surface area (Å²) in [4.78, 5) is 0. The van der Waals surface area contributed by atoms with Gasteiger partial charge in [0.2, 0.25) is 0 Å². The maximum absolute atomic E-state index is 14.2. The Labute approximate surface area is 126 Å². The van der Waals surface area contributed by atoms with Crippen molar-refractivity contribution in [1.29, 1.82) is 0 Å². The van der Waals surface area contributed by atoms with Gasteiger partial charge in [0.05, 0.1) is 16.1 Å². The minimum Gasteiger partial charge on any atom is -0.380 e. The van der Waals surface area contributed by atoms with Gasteiger partial charge in [0.25, 0.3) is 0 Å². The third-order valence-electron chi connectivity index (χ3n) is 3.33. The molecule has 3 aromatic rings. The van der Waals surface area contributed by atoms with Crippen molar-refractivity contribution >= 4 is 17.4 Å². The van der Waals surface area contributed by atoms with Gasteiger partial charge in [-0.3, -0.25) is 0 Å². The predicted octanol–water partition coefficient (Wildman–Crippen LogP) is 4.69. The van der Waals surface area contributed by atoms with E-state index in [9.17, 15) is 4.39 Å². The van der Waals surface area contributed by atoms with Crippen LogP contribution in [-0.2, 0) is 0 Å². The van der Waals surface area contributed by atoms with E-state index in [2.05, 4.69) is 5.16 Å². The second-order valence-electron chi connectivity index (χ2n) is 4.69. The molecule has 1 aromatic heterocycles. The van der Waals surface area contributed by atoms with Crippen molar-refractivity contribution in [2.24, 2.45) is 0 Å². The van der Waals surface area contributed by atoms with Crippen molar-refractivity contribution < 1.29 is 8.91 Å². The molecule has 2 aromatic carbocycles. The number of nitrogens with two attached hydrogens (primary N) is 1. The number of nitrogen functional groups attached to an aromatic ring is 1. The fraction of sp³-hybridized carbons (Fsp3) is 0.0625. The van der Waals surface area contributed by atoms with Crippen molar-refractivity contribution in [2.75, 3.05) is 5.73 Å². The molecule has 106 valence electrons. The highest BCUT2D eigenvalue weighted by Crippen LogP contribution is 2.39. The van der Waals surface area contributed by atoms with E-state index in [0.29, 0.717) is 5.56 Å². The summed E-state index contributed by atoms with van der Waals surface area (Å²) in [6, 6.07) is 12.4. The molecule has 0 aliphatic heterocycles. The van der Waals surface area contributed by atoms with E-state index in [-0.39, 0.29) is 22.2 Å². The first-order chi connectivity index (χ1) is 10.1. The number of aryl methyl sites for hydroxylation is 1. The minimum absolute atomic E-state index is 0.0261. The lowest BCUT2D eigenvalue weighted by atomic mass is 9.97. The zero-order valence-electron chi connectivity index (χ0n) is 11.2. The molecule has 0 amide bonds. The number of halogens is 2. The van der Waals surface area contributed by atoms with Crippen LogP contribution >= 0.6 is 11.6 Å². The number of hydrogen-bond donors (Lipinski definition) is 1. The van der Waals surface area contributed by atoms with Crippen LogP contribution in [0.1, 0.15) is 5.56 Å². The Morgan fingerprint density at radius 1 is 1.10 bits per heavy atom. The monoisotopic (exact) mass is 302 g/mol. The van der Waals surface area contributed by atoms with Gasteiger partial charge in [-0.15, -0.1) is 0 Å². The standard InChI is InChI=1S/C16H12ClFN2O/c1-9-5-2-3-6-10(9)13-15(21-20-16(13)19)11-7-4-8-12(17)14(11)18/h2-8H,1H3,(H2,19,20). The zero-order chi connectivity index (χ0) is 15.0. The van der Waals surface area contributed by atoms with Crippen LogP contribution in [0.15, 0.2) is 47.0 Å². The van der Waals surface area contributed by atoms with Gasteiger partial charge in [-0.1, -0.05) is 47.1 Å². The molecule has 2 N–H and O–H groups in total.